The van der Waals surface area contributed by atoms with Gasteiger partial charge in [0.1, 0.15) is 5.15 Å². The van der Waals surface area contributed by atoms with Crippen LogP contribution in [0.15, 0.2) is 12.3 Å². The number of hydrogen-bond acceptors (Lipinski definition) is 3. The van der Waals surface area contributed by atoms with Crippen molar-refractivity contribution in [2.75, 3.05) is 18.4 Å². The van der Waals surface area contributed by atoms with E-state index in [9.17, 15) is 0 Å². The van der Waals surface area contributed by atoms with Crippen LogP contribution in [-0.2, 0) is 0 Å². The molecule has 2 heterocycles. The van der Waals surface area contributed by atoms with Crippen molar-refractivity contribution in [2.24, 2.45) is 0 Å². The number of pyridine rings is 1. The highest BCUT2D eigenvalue weighted by Crippen LogP contribution is 2.18. The molecule has 1 aromatic heterocycles. The monoisotopic (exact) mass is 225 g/mol. The average molecular weight is 226 g/mol. The molecule has 4 heteroatoms. The fraction of sp³-hybridized carbons (Fsp3) is 0.545. The Labute approximate surface area is 95.2 Å². The first-order valence-corrected chi connectivity index (χ1v) is 5.73. The molecule has 0 saturated carbocycles. The van der Waals surface area contributed by atoms with Gasteiger partial charge in [-0.2, -0.15) is 0 Å². The van der Waals surface area contributed by atoms with E-state index in [2.05, 4.69) is 21.7 Å². The minimum atomic E-state index is 0.564. The van der Waals surface area contributed by atoms with Crippen LogP contribution in [0.4, 0.5) is 5.69 Å². The maximum atomic E-state index is 5.87. The molecular formula is C11H16ClN3. The van der Waals surface area contributed by atoms with Gasteiger partial charge >= 0.3 is 0 Å². The Bertz CT molecular complexity index is 335. The van der Waals surface area contributed by atoms with Gasteiger partial charge in [0.05, 0.1) is 11.9 Å². The highest BCUT2D eigenvalue weighted by molar-refractivity contribution is 6.30. The highest BCUT2D eigenvalue weighted by Gasteiger charge is 2.12. The zero-order valence-corrected chi connectivity index (χ0v) is 9.64. The van der Waals surface area contributed by atoms with Gasteiger partial charge in [-0.15, -0.1) is 0 Å². The summed E-state index contributed by atoms with van der Waals surface area (Å²) in [6.07, 6.45) is 4.14. The molecule has 0 spiro atoms. The molecule has 1 aliphatic rings. The van der Waals surface area contributed by atoms with Gasteiger partial charge in [-0.3, -0.25) is 0 Å². The molecule has 0 aliphatic carbocycles. The summed E-state index contributed by atoms with van der Waals surface area (Å²) >= 11 is 5.87. The van der Waals surface area contributed by atoms with Crippen LogP contribution < -0.4 is 10.6 Å². The topological polar surface area (TPSA) is 37.0 Å². The lowest BCUT2D eigenvalue weighted by Gasteiger charge is -2.24. The Morgan fingerprint density at radius 3 is 2.87 bits per heavy atom. The molecule has 2 rings (SSSR count). The van der Waals surface area contributed by atoms with Crippen molar-refractivity contribution in [3.8, 4) is 0 Å². The molecule has 0 unspecified atom stereocenters. The largest absolute Gasteiger partial charge is 0.381 e. The van der Waals surface area contributed by atoms with Crippen LogP contribution in [0.2, 0.25) is 5.15 Å². The Balaban J connectivity index is 2.00. The third-order valence-electron chi connectivity index (χ3n) is 2.72. The quantitative estimate of drug-likeness (QED) is 0.758. The molecule has 0 amide bonds. The van der Waals surface area contributed by atoms with E-state index in [0.29, 0.717) is 11.2 Å². The van der Waals surface area contributed by atoms with E-state index < -0.39 is 0 Å². The highest BCUT2D eigenvalue weighted by atomic mass is 35.5. The molecule has 15 heavy (non-hydrogen) atoms. The van der Waals surface area contributed by atoms with Crippen LogP contribution >= 0.6 is 11.6 Å². The number of aryl methyl sites for hydroxylation is 1. The van der Waals surface area contributed by atoms with Crippen molar-refractivity contribution in [3.63, 3.8) is 0 Å². The smallest absolute Gasteiger partial charge is 0.132 e. The lowest BCUT2D eigenvalue weighted by Crippen LogP contribution is -2.35. The van der Waals surface area contributed by atoms with Crippen LogP contribution in [0, 0.1) is 6.92 Å². The number of nitrogens with zero attached hydrogens (tertiary/aromatic N) is 1. The molecule has 0 atom stereocenters. The average Bonchev–Trinajstić information content (AvgIpc) is 2.25. The lowest BCUT2D eigenvalue weighted by molar-refractivity contribution is 0.479. The molecule has 1 aromatic rings. The Morgan fingerprint density at radius 2 is 2.20 bits per heavy atom. The van der Waals surface area contributed by atoms with Gasteiger partial charge in [0.15, 0.2) is 0 Å². The third-order valence-corrected chi connectivity index (χ3v) is 3.12. The fourth-order valence-corrected chi connectivity index (χ4v) is 1.94. The van der Waals surface area contributed by atoms with E-state index in [1.165, 1.54) is 12.8 Å². The summed E-state index contributed by atoms with van der Waals surface area (Å²) in [5.74, 6) is 0. The Kier molecular flexibility index (Phi) is 3.44. The van der Waals surface area contributed by atoms with Crippen LogP contribution in [0.3, 0.4) is 0 Å². The fourth-order valence-electron chi connectivity index (χ4n) is 1.84. The van der Waals surface area contributed by atoms with E-state index in [1.54, 1.807) is 6.20 Å². The third kappa shape index (κ3) is 2.83. The van der Waals surface area contributed by atoms with Crippen molar-refractivity contribution >= 4 is 17.3 Å². The molecule has 2 N–H and O–H groups in total. The number of halogens is 1. The van der Waals surface area contributed by atoms with Crippen LogP contribution in [0.25, 0.3) is 0 Å². The summed E-state index contributed by atoms with van der Waals surface area (Å²) in [7, 11) is 0. The number of hydrogen-bond donors (Lipinski definition) is 2. The summed E-state index contributed by atoms with van der Waals surface area (Å²) < 4.78 is 0. The van der Waals surface area contributed by atoms with Gasteiger partial charge in [0.25, 0.3) is 0 Å². The first-order chi connectivity index (χ1) is 7.25. The molecule has 82 valence electrons. The summed E-state index contributed by atoms with van der Waals surface area (Å²) in [5, 5.41) is 7.42. The van der Waals surface area contributed by atoms with Crippen molar-refractivity contribution < 1.29 is 0 Å². The maximum Gasteiger partial charge on any atom is 0.132 e. The van der Waals surface area contributed by atoms with E-state index in [1.807, 2.05) is 6.92 Å². The van der Waals surface area contributed by atoms with Gasteiger partial charge < -0.3 is 10.6 Å². The maximum absolute atomic E-state index is 5.87. The van der Waals surface area contributed by atoms with E-state index in [0.717, 1.165) is 24.3 Å². The van der Waals surface area contributed by atoms with Gasteiger partial charge in [-0.25, -0.2) is 4.98 Å². The van der Waals surface area contributed by atoms with Crippen molar-refractivity contribution in [1.29, 1.82) is 0 Å². The van der Waals surface area contributed by atoms with E-state index >= 15 is 0 Å². The van der Waals surface area contributed by atoms with Crippen molar-refractivity contribution in [3.05, 3.63) is 23.0 Å². The number of rotatable bonds is 2. The summed E-state index contributed by atoms with van der Waals surface area (Å²) in [6.45, 7) is 4.16. The number of anilines is 1. The predicted molar refractivity (Wildman–Crippen MR) is 63.5 cm³/mol. The van der Waals surface area contributed by atoms with Gasteiger partial charge in [-0.05, 0) is 44.5 Å². The Morgan fingerprint density at radius 1 is 1.47 bits per heavy atom. The van der Waals surface area contributed by atoms with Crippen LogP contribution in [0.1, 0.15) is 18.4 Å². The molecule has 0 aromatic carbocycles. The number of nitrogens with one attached hydrogen (secondary N) is 2. The second kappa shape index (κ2) is 4.81. The SMILES string of the molecule is Cc1cc(NC2CCNCC2)cnc1Cl. The molecule has 1 aliphatic heterocycles. The molecule has 0 radical (unpaired) electrons. The van der Waals surface area contributed by atoms with Crippen LogP contribution in [0.5, 0.6) is 0 Å². The molecule has 3 nitrogen and oxygen atoms in total. The first-order valence-electron chi connectivity index (χ1n) is 5.35. The van der Waals surface area contributed by atoms with Crippen molar-refractivity contribution in [2.45, 2.75) is 25.8 Å². The minimum absolute atomic E-state index is 0.564. The second-order valence-electron chi connectivity index (χ2n) is 4.00. The standard InChI is InChI=1S/C11H16ClN3/c1-8-6-10(7-14-11(8)12)15-9-2-4-13-5-3-9/h6-7,9,13,15H,2-5H2,1H3. The van der Waals surface area contributed by atoms with Gasteiger partial charge in [0.2, 0.25) is 0 Å². The zero-order chi connectivity index (χ0) is 10.7. The number of aromatic nitrogens is 1. The number of piperidine rings is 1. The molecular weight excluding hydrogens is 210 g/mol. The van der Waals surface area contributed by atoms with Crippen LogP contribution in [-0.4, -0.2) is 24.1 Å². The van der Waals surface area contributed by atoms with E-state index in [-0.39, 0.29) is 0 Å². The minimum Gasteiger partial charge on any atom is -0.381 e. The first kappa shape index (κ1) is 10.7. The van der Waals surface area contributed by atoms with Gasteiger partial charge in [0, 0.05) is 6.04 Å². The lowest BCUT2D eigenvalue weighted by atomic mass is 10.1. The summed E-state index contributed by atoms with van der Waals surface area (Å²) in [6, 6.07) is 2.62. The Hall–Kier alpha value is -0.800. The summed E-state index contributed by atoms with van der Waals surface area (Å²) in [5.41, 5.74) is 2.10. The second-order valence-corrected chi connectivity index (χ2v) is 4.36. The predicted octanol–water partition coefficient (Wildman–Crippen LogP) is 2.21. The zero-order valence-electron chi connectivity index (χ0n) is 8.89. The molecule has 1 fully saturated rings. The van der Waals surface area contributed by atoms with Crippen molar-refractivity contribution in [1.82, 2.24) is 10.3 Å². The van der Waals surface area contributed by atoms with Gasteiger partial charge in [-0.1, -0.05) is 11.6 Å². The summed E-state index contributed by atoms with van der Waals surface area (Å²) in [4.78, 5) is 4.13. The molecule has 1 saturated heterocycles. The molecule has 0 bridgehead atoms. The van der Waals surface area contributed by atoms with E-state index in [4.69, 9.17) is 11.6 Å². The normalized spacial score (nSPS) is 17.7.